The van der Waals surface area contributed by atoms with Gasteiger partial charge in [0.1, 0.15) is 22.3 Å². The summed E-state index contributed by atoms with van der Waals surface area (Å²) in [5.41, 5.74) is 22.0. The van der Waals surface area contributed by atoms with E-state index in [-0.39, 0.29) is 0 Å². The Kier molecular flexibility index (Phi) is 9.87. The van der Waals surface area contributed by atoms with Gasteiger partial charge in [-0.05, 0) is 156 Å². The first kappa shape index (κ1) is 43.7. The van der Waals surface area contributed by atoms with Gasteiger partial charge in [0.25, 0.3) is 0 Å². The Hall–Kier alpha value is -9.12. The smallest absolute Gasteiger partial charge is 0.143 e. The van der Waals surface area contributed by atoms with Crippen molar-refractivity contribution in [2.45, 2.75) is 41.5 Å². The van der Waals surface area contributed by atoms with E-state index in [1.54, 1.807) is 0 Å². The fourth-order valence-corrected chi connectivity index (χ4v) is 12.3. The summed E-state index contributed by atoms with van der Waals surface area (Å²) < 4.78 is 13.3. The number of anilines is 6. The average Bonchev–Trinajstić information content (AvgIpc) is 4.04. The zero-order valence-electron chi connectivity index (χ0n) is 42.3. The summed E-state index contributed by atoms with van der Waals surface area (Å²) in [5.74, 6) is 0. The van der Waals surface area contributed by atoms with Gasteiger partial charge >= 0.3 is 0 Å². The second-order valence-corrected chi connectivity index (χ2v) is 20.4. The first-order valence-electron chi connectivity index (χ1n) is 25.6. The molecule has 0 radical (unpaired) electrons. The first-order valence-corrected chi connectivity index (χ1v) is 25.6. The summed E-state index contributed by atoms with van der Waals surface area (Å²) >= 11 is 0. The van der Waals surface area contributed by atoms with Crippen molar-refractivity contribution < 1.29 is 8.83 Å². The van der Waals surface area contributed by atoms with Crippen molar-refractivity contribution in [3.8, 4) is 22.3 Å². The minimum atomic E-state index is 0.898. The van der Waals surface area contributed by atoms with Crippen molar-refractivity contribution in [3.05, 3.63) is 240 Å². The van der Waals surface area contributed by atoms with Crippen molar-refractivity contribution in [2.24, 2.45) is 0 Å². The molecule has 0 aliphatic carbocycles. The van der Waals surface area contributed by atoms with Crippen LogP contribution in [0.5, 0.6) is 0 Å². The molecular formula is C70H52N2O2. The molecular weight excluding hydrogens is 901 g/mol. The summed E-state index contributed by atoms with van der Waals surface area (Å²) in [5, 5.41) is 11.8. The van der Waals surface area contributed by atoms with E-state index >= 15 is 0 Å². The minimum Gasteiger partial charge on any atom is -0.455 e. The monoisotopic (exact) mass is 952 g/mol. The van der Waals surface area contributed by atoms with E-state index in [1.807, 2.05) is 12.1 Å². The van der Waals surface area contributed by atoms with Gasteiger partial charge in [-0.2, -0.15) is 0 Å². The highest BCUT2D eigenvalue weighted by Gasteiger charge is 2.26. The molecule has 14 rings (SSSR count). The SMILES string of the molecule is Cc1cc(-c2cccc3c2oc2ccccc23)cc(N(c2c(C)cccc2C)c2ccc3ccc4c(N(c5cc(C)cc(-c6cccc7c6oc6ccccc67)c5)c5c(C)cccc5C)ccc5ccc2c3c54)c1. The van der Waals surface area contributed by atoms with Gasteiger partial charge in [-0.3, -0.25) is 0 Å². The molecule has 354 valence electrons. The molecule has 0 aliphatic heterocycles. The van der Waals surface area contributed by atoms with Crippen molar-refractivity contribution in [1.82, 2.24) is 0 Å². The van der Waals surface area contributed by atoms with Crippen LogP contribution >= 0.6 is 0 Å². The molecule has 12 aromatic carbocycles. The topological polar surface area (TPSA) is 32.8 Å². The predicted octanol–water partition coefficient (Wildman–Crippen LogP) is 20.5. The van der Waals surface area contributed by atoms with Crippen molar-refractivity contribution in [2.75, 3.05) is 9.80 Å². The Morgan fingerprint density at radius 2 is 0.689 bits per heavy atom. The van der Waals surface area contributed by atoms with Gasteiger partial charge in [0.05, 0.1) is 22.7 Å². The number of benzene rings is 12. The minimum absolute atomic E-state index is 0.898. The highest BCUT2D eigenvalue weighted by Crippen LogP contribution is 2.51. The third-order valence-electron chi connectivity index (χ3n) is 15.5. The fraction of sp³-hybridized carbons (Fsp3) is 0.0857. The van der Waals surface area contributed by atoms with E-state index in [2.05, 4.69) is 245 Å². The van der Waals surface area contributed by atoms with Crippen LogP contribution in [0.25, 0.3) is 98.4 Å². The van der Waals surface area contributed by atoms with E-state index in [0.29, 0.717) is 0 Å². The molecule has 4 nitrogen and oxygen atoms in total. The molecule has 0 N–H and O–H groups in total. The standard InChI is InChI=1S/C70H52N2O2/c1-41-35-49(53-21-13-23-57-55-19-7-9-25-63(55)73-69(53)57)39-51(37-41)71(67-43(3)15-11-16-44(67)4)61-33-29-47-28-32-60-62(34-30-48-27-31-59(61)65(47)66(48)60)72(68-45(5)17-12-18-46(68)6)52-38-42(2)36-50(40-52)54-22-14-24-58-56-20-8-10-26-64(56)74-70(54)58/h7-40H,1-6H3. The number of nitrogens with zero attached hydrogens (tertiary/aromatic N) is 2. The number of fused-ring (bicyclic) bond motifs is 6. The van der Waals surface area contributed by atoms with Crippen molar-refractivity contribution >= 4 is 110 Å². The number of rotatable bonds is 8. The lowest BCUT2D eigenvalue weighted by Gasteiger charge is -2.32. The molecule has 0 amide bonds. The predicted molar refractivity (Wildman–Crippen MR) is 313 cm³/mol. The fourth-order valence-electron chi connectivity index (χ4n) is 12.3. The van der Waals surface area contributed by atoms with Crippen LogP contribution in [0.3, 0.4) is 0 Å². The van der Waals surface area contributed by atoms with Crippen LogP contribution < -0.4 is 9.80 Å². The van der Waals surface area contributed by atoms with Crippen LogP contribution in [-0.2, 0) is 0 Å². The molecule has 0 aliphatic rings. The Bertz CT molecular complexity index is 4260. The average molecular weight is 953 g/mol. The maximum absolute atomic E-state index is 6.64. The number of aryl methyl sites for hydroxylation is 6. The maximum atomic E-state index is 6.64. The van der Waals surface area contributed by atoms with Crippen molar-refractivity contribution in [3.63, 3.8) is 0 Å². The van der Waals surface area contributed by atoms with Crippen LogP contribution in [0.4, 0.5) is 34.1 Å². The largest absolute Gasteiger partial charge is 0.455 e. The van der Waals surface area contributed by atoms with E-state index < -0.39 is 0 Å². The van der Waals surface area contributed by atoms with Gasteiger partial charge in [-0.1, -0.05) is 158 Å². The third kappa shape index (κ3) is 6.75. The Morgan fingerprint density at radius 1 is 0.311 bits per heavy atom. The second kappa shape index (κ2) is 16.7. The van der Waals surface area contributed by atoms with Crippen LogP contribution in [0, 0.1) is 41.5 Å². The lowest BCUT2D eigenvalue weighted by Crippen LogP contribution is -2.14. The first-order chi connectivity index (χ1) is 36.2. The van der Waals surface area contributed by atoms with Gasteiger partial charge in [0, 0.05) is 54.8 Å². The normalized spacial score (nSPS) is 11.9. The summed E-state index contributed by atoms with van der Waals surface area (Å²) in [6, 6.07) is 75.6. The lowest BCUT2D eigenvalue weighted by atomic mass is 9.91. The van der Waals surface area contributed by atoms with Gasteiger partial charge in [0.15, 0.2) is 0 Å². The molecule has 0 saturated carbocycles. The van der Waals surface area contributed by atoms with Crippen molar-refractivity contribution in [1.29, 1.82) is 0 Å². The molecule has 0 fully saturated rings. The number of furan rings is 2. The quantitative estimate of drug-likeness (QED) is 0.142. The number of hydrogen-bond donors (Lipinski definition) is 0. The maximum Gasteiger partial charge on any atom is 0.143 e. The van der Waals surface area contributed by atoms with Gasteiger partial charge in [-0.15, -0.1) is 0 Å². The van der Waals surface area contributed by atoms with Crippen LogP contribution in [-0.4, -0.2) is 0 Å². The Labute approximate surface area is 430 Å². The van der Waals surface area contributed by atoms with Gasteiger partial charge in [-0.25, -0.2) is 0 Å². The molecule has 0 spiro atoms. The van der Waals surface area contributed by atoms with E-state index in [1.165, 1.54) is 77.1 Å². The molecule has 74 heavy (non-hydrogen) atoms. The molecule has 14 aromatic rings. The summed E-state index contributed by atoms with van der Waals surface area (Å²) in [7, 11) is 0. The highest BCUT2D eigenvalue weighted by molar-refractivity contribution is 6.28. The van der Waals surface area contributed by atoms with Gasteiger partial charge < -0.3 is 18.6 Å². The summed E-state index contributed by atoms with van der Waals surface area (Å²) in [6.45, 7) is 13.4. The molecule has 0 unspecified atom stereocenters. The van der Waals surface area contributed by atoms with E-state index in [4.69, 9.17) is 8.83 Å². The molecule has 0 saturated heterocycles. The third-order valence-corrected chi connectivity index (χ3v) is 15.5. The lowest BCUT2D eigenvalue weighted by molar-refractivity contribution is 0.669. The van der Waals surface area contributed by atoms with E-state index in [9.17, 15) is 0 Å². The molecule has 2 heterocycles. The zero-order valence-corrected chi connectivity index (χ0v) is 42.3. The molecule has 0 atom stereocenters. The van der Waals surface area contributed by atoms with Crippen LogP contribution in [0.15, 0.2) is 215 Å². The molecule has 0 bridgehead atoms. The Morgan fingerprint density at radius 3 is 1.12 bits per heavy atom. The summed E-state index contributed by atoms with van der Waals surface area (Å²) in [4.78, 5) is 5.01. The molecule has 4 heteroatoms. The van der Waals surface area contributed by atoms with E-state index in [0.717, 1.165) is 88.9 Å². The zero-order chi connectivity index (χ0) is 49.9. The number of hydrogen-bond acceptors (Lipinski definition) is 4. The molecule has 2 aromatic heterocycles. The van der Waals surface area contributed by atoms with Crippen LogP contribution in [0.2, 0.25) is 0 Å². The van der Waals surface area contributed by atoms with Crippen LogP contribution in [0.1, 0.15) is 33.4 Å². The van der Waals surface area contributed by atoms with Gasteiger partial charge in [0.2, 0.25) is 0 Å². The second-order valence-electron chi connectivity index (χ2n) is 20.4. The number of para-hydroxylation sites is 6. The Balaban J connectivity index is 0.992. The summed E-state index contributed by atoms with van der Waals surface area (Å²) in [6.07, 6.45) is 0. The highest BCUT2D eigenvalue weighted by atomic mass is 16.3.